The molecule has 168 valence electrons. The topological polar surface area (TPSA) is 113 Å². The Hall–Kier alpha value is -4.02. The van der Waals surface area contributed by atoms with Crippen LogP contribution in [0.2, 0.25) is 0 Å². The van der Waals surface area contributed by atoms with Gasteiger partial charge in [0.25, 0.3) is 0 Å². The number of H-pyrrole nitrogens is 1. The van der Waals surface area contributed by atoms with Gasteiger partial charge in [0.15, 0.2) is 17.1 Å². The number of aromatic nitrogens is 6. The molecule has 1 aliphatic heterocycles. The summed E-state index contributed by atoms with van der Waals surface area (Å²) in [7, 11) is 0. The third kappa shape index (κ3) is 3.36. The van der Waals surface area contributed by atoms with Crippen molar-refractivity contribution in [3.8, 4) is 16.9 Å². The predicted molar refractivity (Wildman–Crippen MR) is 110 cm³/mol. The van der Waals surface area contributed by atoms with Crippen molar-refractivity contribution in [1.82, 2.24) is 34.6 Å². The first kappa shape index (κ1) is 20.9. The summed E-state index contributed by atoms with van der Waals surface area (Å²) in [6, 6.07) is 4.35. The number of halogens is 3. The molecule has 2 N–H and O–H groups in total. The summed E-state index contributed by atoms with van der Waals surface area (Å²) in [6.07, 6.45) is 3.54. The average Bonchev–Trinajstić information content (AvgIpc) is 3.44. The zero-order chi connectivity index (χ0) is 23.2. The van der Waals surface area contributed by atoms with Crippen molar-refractivity contribution < 1.29 is 23.1 Å². The lowest BCUT2D eigenvalue weighted by atomic mass is 9.77. The maximum absolute atomic E-state index is 13.9. The Balaban J connectivity index is 1.44. The highest BCUT2D eigenvalue weighted by Gasteiger charge is 2.62. The molecule has 5 rings (SSSR count). The van der Waals surface area contributed by atoms with Gasteiger partial charge in [-0.05, 0) is 12.1 Å². The van der Waals surface area contributed by atoms with Crippen LogP contribution in [0, 0.1) is 5.92 Å². The van der Waals surface area contributed by atoms with Gasteiger partial charge in [-0.2, -0.15) is 18.3 Å². The molecule has 4 aromatic rings. The van der Waals surface area contributed by atoms with Crippen LogP contribution < -0.4 is 0 Å². The van der Waals surface area contributed by atoms with Crippen LogP contribution in [0.4, 0.5) is 13.2 Å². The van der Waals surface area contributed by atoms with E-state index in [1.165, 1.54) is 34.0 Å². The second-order valence-electron chi connectivity index (χ2n) is 7.70. The van der Waals surface area contributed by atoms with Crippen LogP contribution in [0.5, 0.6) is 0 Å². The Bertz CT molecular complexity index is 1350. The molecule has 1 aliphatic rings. The molecule has 4 aromatic heterocycles. The maximum Gasteiger partial charge on any atom is 0.421 e. The number of likely N-dealkylation sites (tertiary alicyclic amines) is 1. The van der Waals surface area contributed by atoms with Gasteiger partial charge in [0.1, 0.15) is 5.94 Å². The van der Waals surface area contributed by atoms with Gasteiger partial charge in [-0.15, -0.1) is 0 Å². The van der Waals surface area contributed by atoms with Gasteiger partial charge in [-0.1, -0.05) is 6.07 Å². The lowest BCUT2D eigenvalue weighted by Crippen LogP contribution is -2.60. The molecule has 33 heavy (non-hydrogen) atoms. The highest BCUT2D eigenvalue weighted by Crippen LogP contribution is 2.47. The second kappa shape index (κ2) is 7.54. The zero-order valence-corrected chi connectivity index (χ0v) is 16.9. The lowest BCUT2D eigenvalue weighted by Gasteiger charge is -2.47. The van der Waals surface area contributed by atoms with Gasteiger partial charge in [0, 0.05) is 54.3 Å². The third-order valence-corrected chi connectivity index (χ3v) is 5.81. The van der Waals surface area contributed by atoms with E-state index in [0.29, 0.717) is 5.65 Å². The fraction of sp³-hybridized carbons (Fsp3) is 0.238. The van der Waals surface area contributed by atoms with Gasteiger partial charge in [-0.25, -0.2) is 24.4 Å². The first-order valence-electron chi connectivity index (χ1n) is 9.85. The number of fused-ring (bicyclic) bond motifs is 1. The second-order valence-corrected chi connectivity index (χ2v) is 7.70. The molecule has 0 saturated carbocycles. The van der Waals surface area contributed by atoms with E-state index < -0.39 is 17.7 Å². The SMILES string of the molecule is O=C=CN1CC(C(O)(c2ccc(-n3cc(-c4ccnc5nc[nH]c45)cn3)nc2)C(F)(F)F)C1. The van der Waals surface area contributed by atoms with Crippen LogP contribution in [0.3, 0.4) is 0 Å². The number of nitrogens with zero attached hydrogens (tertiary/aromatic N) is 6. The Morgan fingerprint density at radius 2 is 1.97 bits per heavy atom. The molecule has 0 aliphatic carbocycles. The number of rotatable bonds is 5. The minimum absolute atomic E-state index is 0.122. The maximum atomic E-state index is 13.9. The number of imidazole rings is 1. The van der Waals surface area contributed by atoms with Crippen molar-refractivity contribution >= 4 is 17.1 Å². The minimum Gasteiger partial charge on any atom is -0.376 e. The number of nitrogens with one attached hydrogen (secondary N) is 1. The van der Waals surface area contributed by atoms with Crippen LogP contribution >= 0.6 is 0 Å². The fourth-order valence-corrected chi connectivity index (χ4v) is 4.01. The summed E-state index contributed by atoms with van der Waals surface area (Å²) >= 11 is 0. The quantitative estimate of drug-likeness (QED) is 0.444. The normalized spacial score (nSPS) is 16.3. The smallest absolute Gasteiger partial charge is 0.376 e. The van der Waals surface area contributed by atoms with Crippen molar-refractivity contribution in [2.24, 2.45) is 5.92 Å². The van der Waals surface area contributed by atoms with Gasteiger partial charge in [0.2, 0.25) is 0 Å². The number of pyridine rings is 2. The zero-order valence-electron chi connectivity index (χ0n) is 16.9. The summed E-state index contributed by atoms with van der Waals surface area (Å²) in [6.45, 7) is -0.243. The number of hydrogen-bond acceptors (Lipinski definition) is 7. The fourth-order valence-electron chi connectivity index (χ4n) is 4.01. The molecular weight excluding hydrogens is 439 g/mol. The van der Waals surface area contributed by atoms with E-state index in [1.54, 1.807) is 24.7 Å². The standard InChI is InChI=1S/C21H16F3N7O2/c22-21(23,24)20(33,15-10-30(11-15)5-6-32)14-1-2-17(26-8-14)31-9-13(7-29-31)16-3-4-25-19-18(16)27-12-28-19/h1-5,7-9,12,15,33H,10-11H2,(H,25,27,28). The van der Waals surface area contributed by atoms with Crippen molar-refractivity contribution in [2.75, 3.05) is 13.1 Å². The number of aromatic amines is 1. The van der Waals surface area contributed by atoms with Crippen molar-refractivity contribution in [1.29, 1.82) is 0 Å². The molecule has 9 nitrogen and oxygen atoms in total. The first-order valence-corrected chi connectivity index (χ1v) is 9.85. The number of aliphatic hydroxyl groups is 1. The molecule has 1 atom stereocenters. The molecule has 0 aromatic carbocycles. The molecule has 0 amide bonds. The van der Waals surface area contributed by atoms with Crippen LogP contribution in [-0.4, -0.2) is 64.9 Å². The Morgan fingerprint density at radius 1 is 1.15 bits per heavy atom. The van der Waals surface area contributed by atoms with Crippen LogP contribution in [0.25, 0.3) is 28.1 Å². The molecule has 12 heteroatoms. The van der Waals surface area contributed by atoms with E-state index >= 15 is 0 Å². The van der Waals surface area contributed by atoms with Gasteiger partial charge >= 0.3 is 6.18 Å². The Kier molecular flexibility index (Phi) is 4.76. The molecule has 0 radical (unpaired) electrons. The van der Waals surface area contributed by atoms with Crippen LogP contribution in [-0.2, 0) is 10.4 Å². The van der Waals surface area contributed by atoms with Gasteiger partial charge < -0.3 is 15.0 Å². The minimum atomic E-state index is -4.92. The largest absolute Gasteiger partial charge is 0.421 e. The van der Waals surface area contributed by atoms with Crippen LogP contribution in [0.1, 0.15) is 5.56 Å². The summed E-state index contributed by atoms with van der Waals surface area (Å²) in [5.74, 6) is 0.662. The Morgan fingerprint density at radius 3 is 2.67 bits per heavy atom. The van der Waals surface area contributed by atoms with Gasteiger partial charge in [0.05, 0.1) is 24.2 Å². The molecule has 5 heterocycles. The van der Waals surface area contributed by atoms with Crippen LogP contribution in [0.15, 0.2) is 55.5 Å². The number of hydrogen-bond donors (Lipinski definition) is 2. The summed E-state index contributed by atoms with van der Waals surface area (Å²) in [5, 5.41) is 14.9. The molecule has 0 bridgehead atoms. The highest BCUT2D eigenvalue weighted by atomic mass is 19.4. The summed E-state index contributed by atoms with van der Waals surface area (Å²) in [4.78, 5) is 27.2. The third-order valence-electron chi connectivity index (χ3n) is 5.81. The van der Waals surface area contributed by atoms with Crippen molar-refractivity contribution in [3.05, 3.63) is 61.1 Å². The average molecular weight is 455 g/mol. The van der Waals surface area contributed by atoms with E-state index in [9.17, 15) is 23.1 Å². The highest BCUT2D eigenvalue weighted by molar-refractivity contribution is 5.88. The molecule has 1 fully saturated rings. The number of carbonyl (C=O) groups excluding carboxylic acids is 1. The van der Waals surface area contributed by atoms with E-state index in [0.717, 1.165) is 29.0 Å². The molecule has 1 saturated heterocycles. The summed E-state index contributed by atoms with van der Waals surface area (Å²) in [5.41, 5.74) is -0.640. The first-order chi connectivity index (χ1) is 15.8. The predicted octanol–water partition coefficient (Wildman–Crippen LogP) is 2.23. The molecular formula is C21H16F3N7O2. The van der Waals surface area contributed by atoms with Crippen molar-refractivity contribution in [2.45, 2.75) is 11.8 Å². The van der Waals surface area contributed by atoms with E-state index in [2.05, 4.69) is 25.0 Å². The Labute approximate surface area is 184 Å². The molecule has 0 spiro atoms. The van der Waals surface area contributed by atoms with Gasteiger partial charge in [-0.3, -0.25) is 0 Å². The lowest BCUT2D eigenvalue weighted by molar-refractivity contribution is -0.298. The van der Waals surface area contributed by atoms with E-state index in [1.807, 2.05) is 0 Å². The number of alkyl halides is 3. The molecule has 1 unspecified atom stereocenters. The van der Waals surface area contributed by atoms with E-state index in [4.69, 9.17) is 0 Å². The monoisotopic (exact) mass is 455 g/mol. The summed E-state index contributed by atoms with van der Waals surface area (Å²) < 4.78 is 43.1. The van der Waals surface area contributed by atoms with E-state index in [-0.39, 0.29) is 24.5 Å². The van der Waals surface area contributed by atoms with Crippen molar-refractivity contribution in [3.63, 3.8) is 0 Å².